The van der Waals surface area contributed by atoms with Crippen LogP contribution in [0.5, 0.6) is 0 Å². The van der Waals surface area contributed by atoms with Crippen LogP contribution < -0.4 is 9.62 Å². The minimum absolute atomic E-state index is 0.00508. The van der Waals surface area contributed by atoms with E-state index in [1.165, 1.54) is 23.1 Å². The Labute approximate surface area is 245 Å². The number of unbranched alkanes of at least 4 members (excludes halogenated alkanes) is 1. The Morgan fingerprint density at radius 2 is 1.62 bits per heavy atom. The summed E-state index contributed by atoms with van der Waals surface area (Å²) in [4.78, 5) is 28.1. The van der Waals surface area contributed by atoms with E-state index in [2.05, 4.69) is 5.32 Å². The third-order valence-corrected chi connectivity index (χ3v) is 8.74. The molecule has 0 radical (unpaired) electrons. The Morgan fingerprint density at radius 3 is 2.24 bits per heavy atom. The Bertz CT molecular complexity index is 1490. The normalized spacial score (nSPS) is 12.5. The molecule has 0 aliphatic heterocycles. The number of anilines is 1. The first kappa shape index (κ1) is 32.7. The number of hydrogen-bond acceptors (Lipinski definition) is 4. The van der Waals surface area contributed by atoms with Gasteiger partial charge in [-0.1, -0.05) is 61.4 Å². The Hall–Kier alpha value is -3.86. The second-order valence-electron chi connectivity index (χ2n) is 10.1. The van der Waals surface area contributed by atoms with Gasteiger partial charge in [0.05, 0.1) is 16.1 Å². The van der Waals surface area contributed by atoms with Crippen LogP contribution in [0.15, 0.2) is 77.7 Å². The fourth-order valence-corrected chi connectivity index (χ4v) is 5.70. The lowest BCUT2D eigenvalue weighted by molar-refractivity contribution is -0.139. The molecule has 1 N–H and O–H groups in total. The van der Waals surface area contributed by atoms with Crippen molar-refractivity contribution in [3.8, 4) is 0 Å². The zero-order valence-corrected chi connectivity index (χ0v) is 24.9. The van der Waals surface area contributed by atoms with Gasteiger partial charge in [0, 0.05) is 13.1 Å². The third-order valence-electron chi connectivity index (χ3n) is 6.95. The van der Waals surface area contributed by atoms with Crippen molar-refractivity contribution in [1.29, 1.82) is 0 Å². The number of hydrogen-bond donors (Lipinski definition) is 1. The molecule has 1 atom stereocenters. The van der Waals surface area contributed by atoms with Gasteiger partial charge in [0.1, 0.15) is 12.6 Å². The van der Waals surface area contributed by atoms with Crippen LogP contribution in [0.3, 0.4) is 0 Å². The summed E-state index contributed by atoms with van der Waals surface area (Å²) in [6, 6.07) is 15.9. The number of benzene rings is 3. The number of carbonyl (C=O) groups excluding carboxylic acids is 2. The Kier molecular flexibility index (Phi) is 10.8. The SMILES string of the molecule is CCCCNC(=O)C(C)N(Cc1ccccc1C)C(=O)CN(c1cccc(C(F)(F)F)c1)S(=O)(=O)c1ccc(C)cc1. The molecule has 0 saturated heterocycles. The van der Waals surface area contributed by atoms with E-state index in [1.54, 1.807) is 38.1 Å². The number of carbonyl (C=O) groups is 2. The molecule has 3 aromatic rings. The van der Waals surface area contributed by atoms with Crippen LogP contribution in [0.4, 0.5) is 18.9 Å². The van der Waals surface area contributed by atoms with Gasteiger partial charge in [0.25, 0.3) is 10.0 Å². The van der Waals surface area contributed by atoms with E-state index in [0.29, 0.717) is 16.9 Å². The van der Waals surface area contributed by atoms with Crippen molar-refractivity contribution in [2.75, 3.05) is 17.4 Å². The summed E-state index contributed by atoms with van der Waals surface area (Å²) in [7, 11) is -4.49. The van der Waals surface area contributed by atoms with Gasteiger partial charge < -0.3 is 10.2 Å². The number of sulfonamides is 1. The van der Waals surface area contributed by atoms with Crippen LogP contribution in [-0.2, 0) is 32.3 Å². The van der Waals surface area contributed by atoms with E-state index in [4.69, 9.17) is 0 Å². The predicted molar refractivity (Wildman–Crippen MR) is 156 cm³/mol. The average Bonchev–Trinajstić information content (AvgIpc) is 2.94. The molecule has 42 heavy (non-hydrogen) atoms. The number of nitrogens with zero attached hydrogens (tertiary/aromatic N) is 2. The fourth-order valence-electron chi connectivity index (χ4n) is 4.29. The number of amides is 2. The molecule has 1 unspecified atom stereocenters. The molecule has 0 heterocycles. The van der Waals surface area contributed by atoms with Gasteiger partial charge in [-0.25, -0.2) is 8.42 Å². The van der Waals surface area contributed by atoms with Crippen LogP contribution in [-0.4, -0.2) is 44.3 Å². The molecule has 0 aliphatic carbocycles. The molecule has 7 nitrogen and oxygen atoms in total. The monoisotopic (exact) mass is 603 g/mol. The largest absolute Gasteiger partial charge is 0.416 e. The highest BCUT2D eigenvalue weighted by molar-refractivity contribution is 7.92. The van der Waals surface area contributed by atoms with Crippen LogP contribution in [0.2, 0.25) is 0 Å². The Balaban J connectivity index is 2.07. The molecule has 0 spiro atoms. The topological polar surface area (TPSA) is 86.8 Å². The number of alkyl halides is 3. The summed E-state index contributed by atoms with van der Waals surface area (Å²) in [6.07, 6.45) is -3.15. The third kappa shape index (κ3) is 8.12. The summed E-state index contributed by atoms with van der Waals surface area (Å²) in [5.74, 6) is -1.16. The van der Waals surface area contributed by atoms with Gasteiger partial charge in [-0.2, -0.15) is 13.2 Å². The van der Waals surface area contributed by atoms with E-state index in [1.807, 2.05) is 26.0 Å². The summed E-state index contributed by atoms with van der Waals surface area (Å²) in [5, 5.41) is 2.80. The summed E-state index contributed by atoms with van der Waals surface area (Å²) in [6.45, 7) is 6.71. The van der Waals surface area contributed by atoms with Gasteiger partial charge in [0.2, 0.25) is 11.8 Å². The van der Waals surface area contributed by atoms with Gasteiger partial charge in [-0.3, -0.25) is 13.9 Å². The molecule has 226 valence electrons. The molecule has 0 saturated carbocycles. The van der Waals surface area contributed by atoms with Crippen LogP contribution in [0.1, 0.15) is 48.9 Å². The van der Waals surface area contributed by atoms with Gasteiger partial charge >= 0.3 is 6.18 Å². The molecule has 0 aliphatic rings. The lowest BCUT2D eigenvalue weighted by atomic mass is 10.1. The van der Waals surface area contributed by atoms with Crippen molar-refractivity contribution in [1.82, 2.24) is 10.2 Å². The maximum atomic E-state index is 14.0. The van der Waals surface area contributed by atoms with Crippen molar-refractivity contribution >= 4 is 27.5 Å². The van der Waals surface area contributed by atoms with Gasteiger partial charge in [-0.15, -0.1) is 0 Å². The van der Waals surface area contributed by atoms with Crippen LogP contribution >= 0.6 is 0 Å². The molecule has 0 aromatic heterocycles. The van der Waals surface area contributed by atoms with Crippen molar-refractivity contribution in [3.63, 3.8) is 0 Å². The molecule has 0 bridgehead atoms. The molecule has 0 fully saturated rings. The second-order valence-corrected chi connectivity index (χ2v) is 12.0. The lowest BCUT2D eigenvalue weighted by Crippen LogP contribution is -2.51. The smallest absolute Gasteiger partial charge is 0.354 e. The zero-order valence-electron chi connectivity index (χ0n) is 24.1. The maximum absolute atomic E-state index is 14.0. The minimum Gasteiger partial charge on any atom is -0.354 e. The maximum Gasteiger partial charge on any atom is 0.416 e. The van der Waals surface area contributed by atoms with Crippen LogP contribution in [0.25, 0.3) is 0 Å². The Morgan fingerprint density at radius 1 is 0.952 bits per heavy atom. The number of halogens is 3. The first-order chi connectivity index (χ1) is 19.8. The van der Waals surface area contributed by atoms with Crippen molar-refractivity contribution in [2.45, 2.75) is 64.2 Å². The molecule has 11 heteroatoms. The predicted octanol–water partition coefficient (Wildman–Crippen LogP) is 5.85. The summed E-state index contributed by atoms with van der Waals surface area (Å²) >= 11 is 0. The van der Waals surface area contributed by atoms with Crippen molar-refractivity contribution < 1.29 is 31.2 Å². The number of nitrogens with one attached hydrogen (secondary N) is 1. The van der Waals surface area contributed by atoms with E-state index in [-0.39, 0.29) is 17.1 Å². The van der Waals surface area contributed by atoms with E-state index in [9.17, 15) is 31.2 Å². The van der Waals surface area contributed by atoms with Crippen LogP contribution in [0, 0.1) is 13.8 Å². The molecular formula is C31H36F3N3O4S. The molecule has 3 rings (SSSR count). The van der Waals surface area contributed by atoms with Gasteiger partial charge in [0.15, 0.2) is 0 Å². The highest BCUT2D eigenvalue weighted by Gasteiger charge is 2.35. The molecule has 3 aromatic carbocycles. The lowest BCUT2D eigenvalue weighted by Gasteiger charge is -2.32. The first-order valence-corrected chi connectivity index (χ1v) is 15.1. The summed E-state index contributed by atoms with van der Waals surface area (Å²) in [5.41, 5.74) is 0.997. The van der Waals surface area contributed by atoms with Crippen molar-refractivity contribution in [3.05, 3.63) is 95.1 Å². The van der Waals surface area contributed by atoms with Gasteiger partial charge in [-0.05, 0) is 68.7 Å². The number of rotatable bonds is 12. The second kappa shape index (κ2) is 13.9. The van der Waals surface area contributed by atoms with Crippen molar-refractivity contribution in [2.24, 2.45) is 0 Å². The standard InChI is InChI=1S/C31H36F3N3O4S/c1-5-6-18-35-30(39)24(4)36(20-25-11-8-7-10-23(25)3)29(38)21-37(27-13-9-12-26(19-27)31(32,33)34)42(40,41)28-16-14-22(2)15-17-28/h7-17,19,24H,5-6,18,20-21H2,1-4H3,(H,35,39). The van der Waals surface area contributed by atoms with E-state index in [0.717, 1.165) is 41.7 Å². The number of aryl methyl sites for hydroxylation is 2. The average molecular weight is 604 g/mol. The molecular weight excluding hydrogens is 567 g/mol. The zero-order chi connectivity index (χ0) is 31.1. The minimum atomic E-state index is -4.73. The quantitative estimate of drug-likeness (QED) is 0.263. The van der Waals surface area contributed by atoms with E-state index >= 15 is 0 Å². The first-order valence-electron chi connectivity index (χ1n) is 13.6. The highest BCUT2D eigenvalue weighted by atomic mass is 32.2. The highest BCUT2D eigenvalue weighted by Crippen LogP contribution is 2.33. The fraction of sp³-hybridized carbons (Fsp3) is 0.355. The summed E-state index contributed by atoms with van der Waals surface area (Å²) < 4.78 is 69.2. The molecule has 2 amide bonds. The van der Waals surface area contributed by atoms with E-state index < -0.39 is 46.2 Å².